The molecule has 0 spiro atoms. The average Bonchev–Trinajstić information content (AvgIpc) is 2.85. The van der Waals surface area contributed by atoms with Gasteiger partial charge in [0, 0.05) is 28.5 Å². The topological polar surface area (TPSA) is 20.3 Å². The van der Waals surface area contributed by atoms with Gasteiger partial charge in [0.25, 0.3) is 0 Å². The van der Waals surface area contributed by atoms with Gasteiger partial charge in [0.1, 0.15) is 5.38 Å². The molecule has 5 heteroatoms. The molecule has 2 rings (SSSR count). The molecular weight excluding hydrogens is 298 g/mol. The Balaban J connectivity index is 2.10. The zero-order valence-corrected chi connectivity index (χ0v) is 11.2. The van der Waals surface area contributed by atoms with Gasteiger partial charge in [-0.1, -0.05) is 0 Å². The highest BCUT2D eigenvalue weighted by Crippen LogP contribution is 2.33. The molecule has 0 saturated carbocycles. The Labute approximate surface area is 106 Å². The van der Waals surface area contributed by atoms with E-state index in [1.54, 1.807) is 11.3 Å². The van der Waals surface area contributed by atoms with Crippen molar-refractivity contribution in [3.63, 3.8) is 0 Å². The highest BCUT2D eigenvalue weighted by atomic mass is 79.9. The summed E-state index contributed by atoms with van der Waals surface area (Å²) in [6.07, 6.45) is 2.19. The van der Waals surface area contributed by atoms with E-state index >= 15 is 0 Å². The number of hydrogen-bond donors (Lipinski definition) is 0. The fraction of sp³-hybridized carbons (Fsp3) is 0.500. The van der Waals surface area contributed by atoms with Crippen LogP contribution in [0.15, 0.2) is 15.2 Å². The first-order chi connectivity index (χ1) is 7.20. The summed E-state index contributed by atoms with van der Waals surface area (Å²) >= 11 is 11.1. The number of rotatable bonds is 2. The molecule has 0 radical (unpaired) electrons. The van der Waals surface area contributed by atoms with E-state index < -0.39 is 5.38 Å². The molecule has 1 atom stereocenters. The van der Waals surface area contributed by atoms with Gasteiger partial charge in [0.05, 0.1) is 0 Å². The number of amides is 1. The summed E-state index contributed by atoms with van der Waals surface area (Å²) < 4.78 is 0.931. The zero-order valence-electron chi connectivity index (χ0n) is 8.08. The molecule has 1 unspecified atom stereocenters. The van der Waals surface area contributed by atoms with Crippen molar-refractivity contribution in [1.29, 1.82) is 0 Å². The molecule has 1 aromatic rings. The zero-order chi connectivity index (χ0) is 10.8. The van der Waals surface area contributed by atoms with E-state index in [1.165, 1.54) is 0 Å². The van der Waals surface area contributed by atoms with Crippen LogP contribution < -0.4 is 0 Å². The van der Waals surface area contributed by atoms with E-state index in [9.17, 15) is 4.79 Å². The van der Waals surface area contributed by atoms with E-state index in [4.69, 9.17) is 11.6 Å². The number of thiophene rings is 1. The number of hydrogen-bond acceptors (Lipinski definition) is 2. The van der Waals surface area contributed by atoms with Crippen molar-refractivity contribution < 1.29 is 4.79 Å². The SMILES string of the molecule is O=C(C(Cl)c1cscc1Br)N1CCCC1. The number of likely N-dealkylation sites (tertiary alicyclic amines) is 1. The summed E-state index contributed by atoms with van der Waals surface area (Å²) in [7, 11) is 0. The first-order valence-corrected chi connectivity index (χ1v) is 7.02. The van der Waals surface area contributed by atoms with Gasteiger partial charge in [-0.2, -0.15) is 11.3 Å². The van der Waals surface area contributed by atoms with Crippen LogP contribution in [-0.2, 0) is 4.79 Å². The predicted molar refractivity (Wildman–Crippen MR) is 66.4 cm³/mol. The van der Waals surface area contributed by atoms with Crippen molar-refractivity contribution in [3.8, 4) is 0 Å². The maximum absolute atomic E-state index is 12.0. The Hall–Kier alpha value is -0.0600. The molecule has 2 nitrogen and oxygen atoms in total. The first-order valence-electron chi connectivity index (χ1n) is 4.84. The highest BCUT2D eigenvalue weighted by Gasteiger charge is 2.27. The van der Waals surface area contributed by atoms with Crippen molar-refractivity contribution in [2.45, 2.75) is 18.2 Å². The van der Waals surface area contributed by atoms with Gasteiger partial charge in [-0.25, -0.2) is 0 Å². The van der Waals surface area contributed by atoms with E-state index in [0.29, 0.717) is 0 Å². The second-order valence-corrected chi connectivity index (χ2v) is 5.60. The second-order valence-electron chi connectivity index (χ2n) is 3.57. The monoisotopic (exact) mass is 307 g/mol. The quantitative estimate of drug-likeness (QED) is 0.767. The summed E-state index contributed by atoms with van der Waals surface area (Å²) in [5.74, 6) is 0.0354. The van der Waals surface area contributed by atoms with Crippen molar-refractivity contribution in [2.24, 2.45) is 0 Å². The Bertz CT molecular complexity index is 362. The third kappa shape index (κ3) is 2.37. The van der Waals surface area contributed by atoms with Crippen LogP contribution in [0.3, 0.4) is 0 Å². The molecule has 15 heavy (non-hydrogen) atoms. The molecule has 0 aromatic carbocycles. The molecule has 0 bridgehead atoms. The maximum atomic E-state index is 12.0. The molecule has 0 N–H and O–H groups in total. The summed E-state index contributed by atoms with van der Waals surface area (Å²) in [5.41, 5.74) is 0.888. The van der Waals surface area contributed by atoms with Crippen molar-refractivity contribution in [1.82, 2.24) is 4.90 Å². The third-order valence-corrected chi connectivity index (χ3v) is 4.72. The third-order valence-electron chi connectivity index (χ3n) is 2.55. The molecule has 1 fully saturated rings. The molecule has 1 aliphatic heterocycles. The van der Waals surface area contributed by atoms with Gasteiger partial charge in [-0.3, -0.25) is 4.79 Å². The number of carbonyl (C=O) groups excluding carboxylic acids is 1. The standard InChI is InChI=1S/C10H11BrClNOS/c11-8-6-15-5-7(8)9(12)10(14)13-3-1-2-4-13/h5-6,9H,1-4H2. The van der Waals surface area contributed by atoms with E-state index in [1.807, 2.05) is 15.7 Å². The molecule has 1 saturated heterocycles. The molecule has 82 valence electrons. The molecule has 0 aliphatic carbocycles. The Morgan fingerprint density at radius 2 is 2.13 bits per heavy atom. The van der Waals surface area contributed by atoms with Crippen LogP contribution >= 0.6 is 38.9 Å². The lowest BCUT2D eigenvalue weighted by atomic mass is 10.2. The minimum atomic E-state index is -0.538. The maximum Gasteiger partial charge on any atom is 0.245 e. The molecule has 1 aromatic heterocycles. The highest BCUT2D eigenvalue weighted by molar-refractivity contribution is 9.10. The fourth-order valence-corrected chi connectivity index (χ4v) is 3.78. The van der Waals surface area contributed by atoms with Crippen molar-refractivity contribution >= 4 is 44.8 Å². The minimum Gasteiger partial charge on any atom is -0.341 e. The minimum absolute atomic E-state index is 0.0354. The normalized spacial score (nSPS) is 18.1. The van der Waals surface area contributed by atoms with Crippen LogP contribution in [0.5, 0.6) is 0 Å². The summed E-state index contributed by atoms with van der Waals surface area (Å²) in [5, 5.41) is 3.33. The smallest absolute Gasteiger partial charge is 0.245 e. The van der Waals surface area contributed by atoms with Crippen LogP contribution in [0.2, 0.25) is 0 Å². The summed E-state index contributed by atoms with van der Waals surface area (Å²) in [6.45, 7) is 1.70. The molecule has 1 amide bonds. The number of nitrogens with zero attached hydrogens (tertiary/aromatic N) is 1. The Morgan fingerprint density at radius 3 is 2.67 bits per heavy atom. The van der Waals surface area contributed by atoms with Gasteiger partial charge in [-0.15, -0.1) is 11.6 Å². The first kappa shape index (κ1) is 11.4. The average molecular weight is 309 g/mol. The molecule has 1 aliphatic rings. The van der Waals surface area contributed by atoms with Crippen LogP contribution in [0.1, 0.15) is 23.8 Å². The van der Waals surface area contributed by atoms with Crippen molar-refractivity contribution in [2.75, 3.05) is 13.1 Å². The summed E-state index contributed by atoms with van der Waals surface area (Å²) in [6, 6.07) is 0. The van der Waals surface area contributed by atoms with Gasteiger partial charge >= 0.3 is 0 Å². The number of halogens is 2. The van der Waals surface area contributed by atoms with E-state index in [0.717, 1.165) is 36.0 Å². The van der Waals surface area contributed by atoms with Gasteiger partial charge in [-0.05, 0) is 34.2 Å². The van der Waals surface area contributed by atoms with Crippen LogP contribution in [-0.4, -0.2) is 23.9 Å². The lowest BCUT2D eigenvalue weighted by Gasteiger charge is -2.18. The van der Waals surface area contributed by atoms with Crippen molar-refractivity contribution in [3.05, 3.63) is 20.8 Å². The predicted octanol–water partition coefficient (Wildman–Crippen LogP) is 3.41. The van der Waals surface area contributed by atoms with E-state index in [2.05, 4.69) is 15.9 Å². The number of alkyl halides is 1. The van der Waals surface area contributed by atoms with Crippen LogP contribution in [0.4, 0.5) is 0 Å². The summed E-state index contributed by atoms with van der Waals surface area (Å²) in [4.78, 5) is 13.8. The van der Waals surface area contributed by atoms with Gasteiger partial charge < -0.3 is 4.90 Å². The molecule has 2 heterocycles. The lowest BCUT2D eigenvalue weighted by Crippen LogP contribution is -2.30. The fourth-order valence-electron chi connectivity index (χ4n) is 1.70. The molecular formula is C10H11BrClNOS. The number of carbonyl (C=O) groups is 1. The Kier molecular flexibility index (Phi) is 3.69. The second kappa shape index (κ2) is 4.85. The van der Waals surface area contributed by atoms with Crippen LogP contribution in [0, 0.1) is 0 Å². The Morgan fingerprint density at radius 1 is 1.47 bits per heavy atom. The lowest BCUT2D eigenvalue weighted by molar-refractivity contribution is -0.129. The van der Waals surface area contributed by atoms with Gasteiger partial charge in [0.2, 0.25) is 5.91 Å². The largest absolute Gasteiger partial charge is 0.341 e. The van der Waals surface area contributed by atoms with Gasteiger partial charge in [0.15, 0.2) is 0 Å². The van der Waals surface area contributed by atoms with E-state index in [-0.39, 0.29) is 5.91 Å². The van der Waals surface area contributed by atoms with Crippen LogP contribution in [0.25, 0.3) is 0 Å².